The molecule has 0 bridgehead atoms. The Morgan fingerprint density at radius 2 is 2.00 bits per heavy atom. The van der Waals surface area contributed by atoms with Gasteiger partial charge in [-0.05, 0) is 12.5 Å². The topological polar surface area (TPSA) is 54.3 Å². The van der Waals surface area contributed by atoms with Crippen molar-refractivity contribution in [1.82, 2.24) is 14.2 Å². The Labute approximate surface area is 129 Å². The number of rotatable bonds is 9. The van der Waals surface area contributed by atoms with Gasteiger partial charge in [-0.1, -0.05) is 34.1 Å². The summed E-state index contributed by atoms with van der Waals surface area (Å²) < 4.78 is 28.8. The fraction of sp³-hybridized carbons (Fsp3) is 0.733. The third kappa shape index (κ3) is 4.83. The zero-order valence-electron chi connectivity index (χ0n) is 13.9. The van der Waals surface area contributed by atoms with Gasteiger partial charge in [0, 0.05) is 44.6 Å². The van der Waals surface area contributed by atoms with Crippen LogP contribution in [0.5, 0.6) is 0 Å². The molecule has 1 rings (SSSR count). The first kappa shape index (κ1) is 18.2. The normalized spacial score (nSPS) is 12.5. The first-order chi connectivity index (χ1) is 9.82. The third-order valence-electron chi connectivity index (χ3n) is 3.53. The van der Waals surface area contributed by atoms with Crippen molar-refractivity contribution < 1.29 is 8.42 Å². The Balaban J connectivity index is 2.95. The van der Waals surface area contributed by atoms with Crippen LogP contribution in [0.2, 0.25) is 0 Å². The molecular weight excluding hydrogens is 286 g/mol. The summed E-state index contributed by atoms with van der Waals surface area (Å²) in [7, 11) is -1.49. The highest BCUT2D eigenvalue weighted by atomic mass is 32.2. The average Bonchev–Trinajstić information content (AvgIpc) is 2.79. The van der Waals surface area contributed by atoms with Gasteiger partial charge in [0.15, 0.2) is 0 Å². The van der Waals surface area contributed by atoms with E-state index in [1.54, 1.807) is 16.6 Å². The molecule has 1 heterocycles. The first-order valence-electron chi connectivity index (χ1n) is 7.71. The highest BCUT2D eigenvalue weighted by Gasteiger charge is 2.24. The minimum absolute atomic E-state index is 0.372. The van der Waals surface area contributed by atoms with Crippen molar-refractivity contribution in [2.45, 2.75) is 58.0 Å². The van der Waals surface area contributed by atoms with Gasteiger partial charge in [0.1, 0.15) is 4.90 Å². The standard InChI is InChI=1S/C15H29N3O2S/c1-6-8-9-18(7-2)21(19,20)15-10-14(17(5)12-15)11-16-13(3)4/h10,12-13,16H,6-9,11H2,1-5H3. The quantitative estimate of drug-likeness (QED) is 0.761. The number of sulfonamides is 1. The SMILES string of the molecule is CCCCN(CC)S(=O)(=O)c1cc(CNC(C)C)n(C)c1. The summed E-state index contributed by atoms with van der Waals surface area (Å²) in [6, 6.07) is 2.15. The Morgan fingerprint density at radius 3 is 2.52 bits per heavy atom. The van der Waals surface area contributed by atoms with E-state index in [1.807, 2.05) is 18.5 Å². The van der Waals surface area contributed by atoms with Crippen LogP contribution < -0.4 is 5.32 Å². The van der Waals surface area contributed by atoms with E-state index < -0.39 is 10.0 Å². The molecule has 1 aromatic heterocycles. The second kappa shape index (κ2) is 7.96. The van der Waals surface area contributed by atoms with Crippen molar-refractivity contribution in [3.8, 4) is 0 Å². The van der Waals surface area contributed by atoms with Crippen LogP contribution in [0.1, 0.15) is 46.2 Å². The molecule has 0 aromatic carbocycles. The van der Waals surface area contributed by atoms with E-state index in [4.69, 9.17) is 0 Å². The number of hydrogen-bond donors (Lipinski definition) is 1. The maximum atomic E-state index is 12.7. The minimum Gasteiger partial charge on any atom is -0.352 e. The van der Waals surface area contributed by atoms with E-state index >= 15 is 0 Å². The summed E-state index contributed by atoms with van der Waals surface area (Å²) in [6.07, 6.45) is 3.59. The molecule has 6 heteroatoms. The van der Waals surface area contributed by atoms with Crippen molar-refractivity contribution in [1.29, 1.82) is 0 Å². The Hall–Kier alpha value is -0.850. The van der Waals surface area contributed by atoms with Gasteiger partial charge < -0.3 is 9.88 Å². The molecular formula is C15H29N3O2S. The number of unbranched alkanes of at least 4 members (excludes halogenated alkanes) is 1. The van der Waals surface area contributed by atoms with Crippen molar-refractivity contribution in [3.05, 3.63) is 18.0 Å². The molecule has 0 radical (unpaired) electrons. The maximum Gasteiger partial charge on any atom is 0.244 e. The summed E-state index contributed by atoms with van der Waals surface area (Å²) in [5.74, 6) is 0. The predicted octanol–water partition coefficient (Wildman–Crippen LogP) is 2.33. The van der Waals surface area contributed by atoms with E-state index in [1.165, 1.54) is 0 Å². The fourth-order valence-corrected chi connectivity index (χ4v) is 3.72. The van der Waals surface area contributed by atoms with E-state index in [2.05, 4.69) is 26.1 Å². The molecule has 1 aromatic rings. The van der Waals surface area contributed by atoms with Crippen molar-refractivity contribution in [2.24, 2.45) is 7.05 Å². The second-order valence-corrected chi connectivity index (χ2v) is 7.60. The Kier molecular flexibility index (Phi) is 6.90. The van der Waals surface area contributed by atoms with Crippen LogP contribution in [0.25, 0.3) is 0 Å². The summed E-state index contributed by atoms with van der Waals surface area (Å²) in [5.41, 5.74) is 0.980. The molecule has 0 unspecified atom stereocenters. The number of nitrogens with zero attached hydrogens (tertiary/aromatic N) is 2. The molecule has 122 valence electrons. The van der Waals surface area contributed by atoms with Crippen LogP contribution >= 0.6 is 0 Å². The van der Waals surface area contributed by atoms with Crippen molar-refractivity contribution in [3.63, 3.8) is 0 Å². The molecule has 0 saturated heterocycles. The van der Waals surface area contributed by atoms with Crippen molar-refractivity contribution in [2.75, 3.05) is 13.1 Å². The molecule has 0 aliphatic heterocycles. The summed E-state index contributed by atoms with van der Waals surface area (Å²) in [5, 5.41) is 3.32. The third-order valence-corrected chi connectivity index (χ3v) is 5.47. The van der Waals surface area contributed by atoms with Crippen molar-refractivity contribution >= 4 is 10.0 Å². The van der Waals surface area contributed by atoms with Crippen LogP contribution in [-0.2, 0) is 23.6 Å². The molecule has 0 saturated carbocycles. The maximum absolute atomic E-state index is 12.7. The lowest BCUT2D eigenvalue weighted by Crippen LogP contribution is -2.31. The monoisotopic (exact) mass is 315 g/mol. The van der Waals surface area contributed by atoms with Gasteiger partial charge in [-0.2, -0.15) is 4.31 Å². The fourth-order valence-electron chi connectivity index (χ4n) is 2.13. The molecule has 0 aliphatic rings. The molecule has 0 atom stereocenters. The lowest BCUT2D eigenvalue weighted by Gasteiger charge is -2.19. The highest BCUT2D eigenvalue weighted by Crippen LogP contribution is 2.19. The largest absolute Gasteiger partial charge is 0.352 e. The molecule has 1 N–H and O–H groups in total. The lowest BCUT2D eigenvalue weighted by atomic mass is 10.3. The van der Waals surface area contributed by atoms with Gasteiger partial charge in [0.05, 0.1) is 0 Å². The Morgan fingerprint density at radius 1 is 1.33 bits per heavy atom. The smallest absolute Gasteiger partial charge is 0.244 e. The average molecular weight is 315 g/mol. The zero-order chi connectivity index (χ0) is 16.0. The number of aromatic nitrogens is 1. The molecule has 0 fully saturated rings. The van der Waals surface area contributed by atoms with Crippen LogP contribution in [-0.4, -0.2) is 36.4 Å². The number of hydrogen-bond acceptors (Lipinski definition) is 3. The summed E-state index contributed by atoms with van der Waals surface area (Å²) in [6.45, 7) is 9.87. The van der Waals surface area contributed by atoms with E-state index in [0.717, 1.165) is 18.5 Å². The number of aryl methyl sites for hydroxylation is 1. The van der Waals surface area contributed by atoms with Gasteiger partial charge in [0.25, 0.3) is 0 Å². The van der Waals surface area contributed by atoms with Gasteiger partial charge in [-0.15, -0.1) is 0 Å². The molecule has 0 aliphatic carbocycles. The van der Waals surface area contributed by atoms with Gasteiger partial charge >= 0.3 is 0 Å². The second-order valence-electron chi connectivity index (χ2n) is 5.66. The molecule has 21 heavy (non-hydrogen) atoms. The van der Waals surface area contributed by atoms with E-state index in [0.29, 0.717) is 30.6 Å². The van der Waals surface area contributed by atoms with Gasteiger partial charge in [-0.25, -0.2) is 8.42 Å². The summed E-state index contributed by atoms with van der Waals surface area (Å²) >= 11 is 0. The predicted molar refractivity (Wildman–Crippen MR) is 86.7 cm³/mol. The Bertz CT molecular complexity index is 535. The van der Waals surface area contributed by atoms with Gasteiger partial charge in [0.2, 0.25) is 10.0 Å². The summed E-state index contributed by atoms with van der Waals surface area (Å²) in [4.78, 5) is 0.392. The minimum atomic E-state index is -3.38. The number of nitrogens with one attached hydrogen (secondary N) is 1. The first-order valence-corrected chi connectivity index (χ1v) is 9.15. The molecule has 0 spiro atoms. The highest BCUT2D eigenvalue weighted by molar-refractivity contribution is 7.89. The van der Waals surface area contributed by atoms with E-state index in [9.17, 15) is 8.42 Å². The lowest BCUT2D eigenvalue weighted by molar-refractivity contribution is 0.419. The van der Waals surface area contributed by atoms with Crippen LogP contribution in [0.4, 0.5) is 0 Å². The van der Waals surface area contributed by atoms with Crippen LogP contribution in [0.3, 0.4) is 0 Å². The van der Waals surface area contributed by atoms with Gasteiger partial charge in [-0.3, -0.25) is 0 Å². The van der Waals surface area contributed by atoms with E-state index in [-0.39, 0.29) is 0 Å². The molecule has 0 amide bonds. The van der Waals surface area contributed by atoms with Crippen LogP contribution in [0.15, 0.2) is 17.2 Å². The zero-order valence-corrected chi connectivity index (χ0v) is 14.7. The molecule has 5 nitrogen and oxygen atoms in total. The van der Waals surface area contributed by atoms with Crippen LogP contribution in [0, 0.1) is 0 Å².